The highest BCUT2D eigenvalue weighted by Gasteiger charge is 2.34. The van der Waals surface area contributed by atoms with E-state index < -0.39 is 18.5 Å². The van der Waals surface area contributed by atoms with Crippen LogP contribution in [0.2, 0.25) is 0 Å². The van der Waals surface area contributed by atoms with Crippen LogP contribution in [0.15, 0.2) is 18.2 Å². The molecule has 1 fully saturated rings. The van der Waals surface area contributed by atoms with Gasteiger partial charge < -0.3 is 5.32 Å². The second-order valence-electron chi connectivity index (χ2n) is 5.60. The Morgan fingerprint density at radius 2 is 2.14 bits per heavy atom. The molecule has 1 aromatic carbocycles. The Labute approximate surface area is 126 Å². The molecule has 0 spiro atoms. The number of ketones is 1. The molecule has 0 amide bonds. The number of rotatable bonds is 5. The van der Waals surface area contributed by atoms with Gasteiger partial charge in [0.15, 0.2) is 5.78 Å². The molecule has 0 bridgehead atoms. The van der Waals surface area contributed by atoms with Crippen LogP contribution >= 0.6 is 0 Å². The monoisotopic (exact) mass is 318 g/mol. The summed E-state index contributed by atoms with van der Waals surface area (Å²) in [6, 6.07) is 4.31. The number of carbonyl (C=O) groups is 1. The molecule has 1 unspecified atom stereocenters. The van der Waals surface area contributed by atoms with Crippen molar-refractivity contribution in [3.05, 3.63) is 29.6 Å². The Morgan fingerprint density at radius 3 is 2.77 bits per heavy atom. The number of hydrogen-bond acceptors (Lipinski definition) is 3. The summed E-state index contributed by atoms with van der Waals surface area (Å²) in [5.41, 5.74) is 0.384. The zero-order chi connectivity index (χ0) is 16.3. The van der Waals surface area contributed by atoms with Crippen LogP contribution in [0.1, 0.15) is 23.7 Å². The van der Waals surface area contributed by atoms with Crippen molar-refractivity contribution in [2.45, 2.75) is 19.5 Å². The van der Waals surface area contributed by atoms with Gasteiger partial charge >= 0.3 is 6.18 Å². The van der Waals surface area contributed by atoms with Gasteiger partial charge in [-0.2, -0.15) is 13.2 Å². The smallest absolute Gasteiger partial charge is 0.384 e. The normalized spacial score (nSPS) is 19.4. The van der Waals surface area contributed by atoms with Crippen LogP contribution in [0.5, 0.6) is 0 Å². The highest BCUT2D eigenvalue weighted by molar-refractivity contribution is 5.99. The Balaban J connectivity index is 1.92. The van der Waals surface area contributed by atoms with Gasteiger partial charge in [0.2, 0.25) is 0 Å². The summed E-state index contributed by atoms with van der Waals surface area (Å²) in [5.74, 6) is -0.932. The molecule has 1 atom stereocenters. The molecular formula is C15H18F4N2O. The lowest BCUT2D eigenvalue weighted by Crippen LogP contribution is -2.33. The van der Waals surface area contributed by atoms with Gasteiger partial charge in [0.1, 0.15) is 5.82 Å². The van der Waals surface area contributed by atoms with Crippen molar-refractivity contribution < 1.29 is 22.4 Å². The highest BCUT2D eigenvalue weighted by atomic mass is 19.4. The van der Waals surface area contributed by atoms with Gasteiger partial charge in [0.25, 0.3) is 0 Å². The number of Topliss-reactive ketones (excluding diaryl/α,β-unsaturated/α-hetero) is 1. The largest absolute Gasteiger partial charge is 0.401 e. The van der Waals surface area contributed by atoms with Crippen molar-refractivity contribution in [1.82, 2.24) is 4.90 Å². The number of anilines is 1. The van der Waals surface area contributed by atoms with E-state index in [1.807, 2.05) is 0 Å². The van der Waals surface area contributed by atoms with Crippen LogP contribution in [0.25, 0.3) is 0 Å². The molecule has 0 aromatic heterocycles. The first kappa shape index (κ1) is 16.7. The molecule has 2 rings (SSSR count). The van der Waals surface area contributed by atoms with Crippen LogP contribution in [0, 0.1) is 11.7 Å². The Hall–Kier alpha value is -1.63. The first-order valence-corrected chi connectivity index (χ1v) is 7.08. The van der Waals surface area contributed by atoms with Gasteiger partial charge in [0, 0.05) is 18.8 Å². The molecule has 1 aromatic rings. The molecule has 0 saturated carbocycles. The van der Waals surface area contributed by atoms with E-state index in [2.05, 4.69) is 5.32 Å². The lowest BCUT2D eigenvalue weighted by atomic mass is 10.1. The maximum atomic E-state index is 13.7. The Kier molecular flexibility index (Phi) is 5.05. The summed E-state index contributed by atoms with van der Waals surface area (Å²) in [6.07, 6.45) is -3.54. The van der Waals surface area contributed by atoms with Crippen molar-refractivity contribution in [2.24, 2.45) is 5.92 Å². The van der Waals surface area contributed by atoms with Crippen LogP contribution in [-0.2, 0) is 0 Å². The first-order chi connectivity index (χ1) is 10.3. The number of benzene rings is 1. The predicted molar refractivity (Wildman–Crippen MR) is 75.5 cm³/mol. The highest BCUT2D eigenvalue weighted by Crippen LogP contribution is 2.24. The summed E-state index contributed by atoms with van der Waals surface area (Å²) in [6.45, 7) is 1.54. The average Bonchev–Trinajstić information content (AvgIpc) is 2.81. The van der Waals surface area contributed by atoms with Crippen molar-refractivity contribution in [3.63, 3.8) is 0 Å². The summed E-state index contributed by atoms with van der Waals surface area (Å²) >= 11 is 0. The first-order valence-electron chi connectivity index (χ1n) is 7.08. The molecule has 22 heavy (non-hydrogen) atoms. The zero-order valence-corrected chi connectivity index (χ0v) is 12.2. The van der Waals surface area contributed by atoms with E-state index in [0.29, 0.717) is 31.7 Å². The number of likely N-dealkylation sites (tertiary alicyclic amines) is 1. The van der Waals surface area contributed by atoms with E-state index in [4.69, 9.17) is 0 Å². The minimum absolute atomic E-state index is 0.00681. The third-order valence-electron chi connectivity index (χ3n) is 3.72. The van der Waals surface area contributed by atoms with Gasteiger partial charge in [-0.05, 0) is 37.9 Å². The summed E-state index contributed by atoms with van der Waals surface area (Å²) in [4.78, 5) is 12.8. The fourth-order valence-electron chi connectivity index (χ4n) is 2.76. The molecule has 0 radical (unpaired) electrons. The third-order valence-corrected chi connectivity index (χ3v) is 3.72. The molecule has 1 saturated heterocycles. The molecule has 1 heterocycles. The van der Waals surface area contributed by atoms with E-state index in [-0.39, 0.29) is 17.3 Å². The summed E-state index contributed by atoms with van der Waals surface area (Å²) < 4.78 is 50.7. The maximum absolute atomic E-state index is 13.7. The van der Waals surface area contributed by atoms with Crippen molar-refractivity contribution in [2.75, 3.05) is 31.5 Å². The average molecular weight is 318 g/mol. The Bertz CT molecular complexity index is 545. The second-order valence-corrected chi connectivity index (χ2v) is 5.60. The number of alkyl halides is 3. The van der Waals surface area contributed by atoms with Crippen LogP contribution in [-0.4, -0.2) is 43.0 Å². The molecular weight excluding hydrogens is 300 g/mol. The quantitative estimate of drug-likeness (QED) is 0.668. The number of carbonyl (C=O) groups excluding carboxylic acids is 1. The molecule has 3 nitrogen and oxygen atoms in total. The van der Waals surface area contributed by atoms with E-state index >= 15 is 0 Å². The minimum Gasteiger partial charge on any atom is -0.384 e. The second kappa shape index (κ2) is 6.64. The summed E-state index contributed by atoms with van der Waals surface area (Å²) in [7, 11) is 0. The fraction of sp³-hybridized carbons (Fsp3) is 0.533. The van der Waals surface area contributed by atoms with Crippen molar-refractivity contribution in [3.8, 4) is 0 Å². The third kappa shape index (κ3) is 4.43. The zero-order valence-electron chi connectivity index (χ0n) is 12.2. The van der Waals surface area contributed by atoms with E-state index in [1.54, 1.807) is 6.07 Å². The molecule has 1 aliphatic rings. The molecule has 7 heteroatoms. The van der Waals surface area contributed by atoms with Crippen LogP contribution in [0.4, 0.5) is 23.2 Å². The molecule has 0 aliphatic carbocycles. The van der Waals surface area contributed by atoms with Gasteiger partial charge in [-0.3, -0.25) is 9.69 Å². The van der Waals surface area contributed by atoms with Gasteiger partial charge in [-0.1, -0.05) is 6.07 Å². The Morgan fingerprint density at radius 1 is 1.41 bits per heavy atom. The van der Waals surface area contributed by atoms with Crippen molar-refractivity contribution >= 4 is 11.5 Å². The van der Waals surface area contributed by atoms with Gasteiger partial charge in [-0.25, -0.2) is 4.39 Å². The lowest BCUT2D eigenvalue weighted by molar-refractivity contribution is -0.143. The number of nitrogens with zero attached hydrogens (tertiary/aromatic N) is 1. The van der Waals surface area contributed by atoms with E-state index in [1.165, 1.54) is 24.0 Å². The lowest BCUT2D eigenvalue weighted by Gasteiger charge is -2.18. The topological polar surface area (TPSA) is 32.3 Å². The SMILES string of the molecule is CC(=O)c1c(F)cccc1NCC1CCN(CC(F)(F)F)C1. The predicted octanol–water partition coefficient (Wildman–Crippen LogP) is 3.32. The number of hydrogen-bond donors (Lipinski definition) is 1. The van der Waals surface area contributed by atoms with Crippen LogP contribution < -0.4 is 5.32 Å². The molecule has 122 valence electrons. The summed E-state index contributed by atoms with van der Waals surface area (Å²) in [5, 5.41) is 2.99. The number of nitrogens with one attached hydrogen (secondary N) is 1. The molecule has 1 aliphatic heterocycles. The maximum Gasteiger partial charge on any atom is 0.401 e. The van der Waals surface area contributed by atoms with E-state index in [9.17, 15) is 22.4 Å². The van der Waals surface area contributed by atoms with Gasteiger partial charge in [-0.15, -0.1) is 0 Å². The van der Waals surface area contributed by atoms with Crippen LogP contribution in [0.3, 0.4) is 0 Å². The minimum atomic E-state index is -4.19. The standard InChI is InChI=1S/C15H18F4N2O/c1-10(22)14-12(16)3-2-4-13(14)20-7-11-5-6-21(8-11)9-15(17,18)19/h2-4,11,20H,5-9H2,1H3. The van der Waals surface area contributed by atoms with Crippen molar-refractivity contribution in [1.29, 1.82) is 0 Å². The number of halogens is 4. The fourth-order valence-corrected chi connectivity index (χ4v) is 2.76. The van der Waals surface area contributed by atoms with E-state index in [0.717, 1.165) is 0 Å². The molecule has 1 N–H and O–H groups in total. The van der Waals surface area contributed by atoms with Gasteiger partial charge in [0.05, 0.1) is 12.1 Å².